The van der Waals surface area contributed by atoms with Crippen LogP contribution in [0.25, 0.3) is 0 Å². The predicted molar refractivity (Wildman–Crippen MR) is 68.1 cm³/mol. The van der Waals surface area contributed by atoms with E-state index in [1.807, 2.05) is 0 Å². The van der Waals surface area contributed by atoms with Crippen molar-refractivity contribution in [2.24, 2.45) is 0 Å². The van der Waals surface area contributed by atoms with E-state index in [0.717, 1.165) is 0 Å². The molecule has 0 heterocycles. The molecule has 1 unspecified atom stereocenters. The number of carboxylic acid groups (broad SMARTS) is 1. The van der Waals surface area contributed by atoms with Crippen molar-refractivity contribution < 1.29 is 19.4 Å². The number of rotatable bonds is 7. The van der Waals surface area contributed by atoms with Gasteiger partial charge in [0.15, 0.2) is 0 Å². The molecular formula is C13H17NO4. The normalized spacial score (nSPS) is 11.7. The van der Waals surface area contributed by atoms with Crippen molar-refractivity contribution in [3.8, 4) is 11.5 Å². The highest BCUT2D eigenvalue weighted by Gasteiger charge is 2.22. The minimum atomic E-state index is -0.972. The Morgan fingerprint density at radius 3 is 2.72 bits per heavy atom. The SMILES string of the molecule is C=CCNC(C(=O)O)c1ccc(OC)cc1OC. The van der Waals surface area contributed by atoms with E-state index in [2.05, 4.69) is 11.9 Å². The predicted octanol–water partition coefficient (Wildman–Crippen LogP) is 1.61. The molecule has 2 N–H and O–H groups in total. The van der Waals surface area contributed by atoms with Crippen LogP contribution in [0.2, 0.25) is 0 Å². The second-order valence-corrected chi connectivity index (χ2v) is 3.58. The standard InChI is InChI=1S/C13H17NO4/c1-4-7-14-12(13(15)16)10-6-5-9(17-2)8-11(10)18-3/h4-6,8,12,14H,1,7H2,2-3H3,(H,15,16). The first-order valence-corrected chi connectivity index (χ1v) is 5.43. The minimum absolute atomic E-state index is 0.395. The van der Waals surface area contributed by atoms with Gasteiger partial charge in [-0.25, -0.2) is 0 Å². The molecular weight excluding hydrogens is 234 g/mol. The van der Waals surface area contributed by atoms with Crippen molar-refractivity contribution in [3.05, 3.63) is 36.4 Å². The van der Waals surface area contributed by atoms with Crippen LogP contribution in [0.15, 0.2) is 30.9 Å². The lowest BCUT2D eigenvalue weighted by atomic mass is 10.1. The maximum Gasteiger partial charge on any atom is 0.325 e. The molecule has 0 fully saturated rings. The lowest BCUT2D eigenvalue weighted by Crippen LogP contribution is -2.28. The number of nitrogens with one attached hydrogen (secondary N) is 1. The van der Waals surface area contributed by atoms with E-state index in [9.17, 15) is 9.90 Å². The third-order valence-electron chi connectivity index (χ3n) is 2.46. The van der Waals surface area contributed by atoms with Crippen LogP contribution in [0.4, 0.5) is 0 Å². The number of carboxylic acids is 1. The van der Waals surface area contributed by atoms with Gasteiger partial charge in [0.25, 0.3) is 0 Å². The van der Waals surface area contributed by atoms with Crippen LogP contribution in [0.1, 0.15) is 11.6 Å². The fourth-order valence-electron chi connectivity index (χ4n) is 1.59. The second-order valence-electron chi connectivity index (χ2n) is 3.58. The van der Waals surface area contributed by atoms with E-state index >= 15 is 0 Å². The summed E-state index contributed by atoms with van der Waals surface area (Å²) in [6.07, 6.45) is 1.60. The first-order valence-electron chi connectivity index (χ1n) is 5.43. The zero-order chi connectivity index (χ0) is 13.5. The number of hydrogen-bond acceptors (Lipinski definition) is 4. The molecule has 1 atom stereocenters. The van der Waals surface area contributed by atoms with E-state index in [1.165, 1.54) is 7.11 Å². The molecule has 5 nitrogen and oxygen atoms in total. The molecule has 5 heteroatoms. The van der Waals surface area contributed by atoms with E-state index in [1.54, 1.807) is 31.4 Å². The van der Waals surface area contributed by atoms with Crippen molar-refractivity contribution in [1.29, 1.82) is 0 Å². The Morgan fingerprint density at radius 2 is 2.22 bits per heavy atom. The number of hydrogen-bond donors (Lipinski definition) is 2. The van der Waals surface area contributed by atoms with Gasteiger partial charge in [-0.3, -0.25) is 10.1 Å². The van der Waals surface area contributed by atoms with Crippen LogP contribution in [-0.2, 0) is 4.79 Å². The van der Waals surface area contributed by atoms with E-state index in [4.69, 9.17) is 9.47 Å². The Labute approximate surface area is 106 Å². The summed E-state index contributed by atoms with van der Waals surface area (Å²) in [5.41, 5.74) is 0.549. The van der Waals surface area contributed by atoms with Crippen LogP contribution in [0.3, 0.4) is 0 Å². The average molecular weight is 251 g/mol. The van der Waals surface area contributed by atoms with Gasteiger partial charge in [-0.1, -0.05) is 6.08 Å². The zero-order valence-electron chi connectivity index (χ0n) is 10.5. The number of carbonyl (C=O) groups is 1. The summed E-state index contributed by atoms with van der Waals surface area (Å²) in [5, 5.41) is 12.1. The fourth-order valence-corrected chi connectivity index (χ4v) is 1.59. The van der Waals surface area contributed by atoms with E-state index in [-0.39, 0.29) is 0 Å². The number of aliphatic carboxylic acids is 1. The average Bonchev–Trinajstić information content (AvgIpc) is 2.38. The summed E-state index contributed by atoms with van der Waals surface area (Å²) in [6, 6.07) is 4.18. The first kappa shape index (κ1) is 14.1. The highest BCUT2D eigenvalue weighted by molar-refractivity contribution is 5.77. The quantitative estimate of drug-likeness (QED) is 0.720. The summed E-state index contributed by atoms with van der Waals surface area (Å²) in [7, 11) is 3.03. The molecule has 98 valence electrons. The van der Waals surface area contributed by atoms with Gasteiger partial charge in [0.2, 0.25) is 0 Å². The molecule has 18 heavy (non-hydrogen) atoms. The fraction of sp³-hybridized carbons (Fsp3) is 0.308. The summed E-state index contributed by atoms with van der Waals surface area (Å²) in [4.78, 5) is 11.2. The van der Waals surface area contributed by atoms with Gasteiger partial charge in [0.1, 0.15) is 17.5 Å². The van der Waals surface area contributed by atoms with Gasteiger partial charge < -0.3 is 14.6 Å². The Balaban J connectivity index is 3.10. The zero-order valence-corrected chi connectivity index (χ0v) is 10.5. The molecule has 0 aliphatic carbocycles. The van der Waals surface area contributed by atoms with Crippen LogP contribution >= 0.6 is 0 Å². The van der Waals surface area contributed by atoms with E-state index in [0.29, 0.717) is 23.6 Å². The van der Waals surface area contributed by atoms with Gasteiger partial charge in [-0.2, -0.15) is 0 Å². The lowest BCUT2D eigenvalue weighted by molar-refractivity contribution is -0.139. The highest BCUT2D eigenvalue weighted by Crippen LogP contribution is 2.29. The van der Waals surface area contributed by atoms with Crippen molar-refractivity contribution in [1.82, 2.24) is 5.32 Å². The molecule has 0 spiro atoms. The van der Waals surface area contributed by atoms with Crippen molar-refractivity contribution in [2.45, 2.75) is 6.04 Å². The van der Waals surface area contributed by atoms with Crippen molar-refractivity contribution in [2.75, 3.05) is 20.8 Å². The molecule has 1 rings (SSSR count). The third kappa shape index (κ3) is 3.24. The van der Waals surface area contributed by atoms with Gasteiger partial charge >= 0.3 is 5.97 Å². The monoisotopic (exact) mass is 251 g/mol. The van der Waals surface area contributed by atoms with Gasteiger partial charge in [-0.15, -0.1) is 6.58 Å². The summed E-state index contributed by atoms with van der Waals surface area (Å²) in [5.74, 6) is 0.113. The third-order valence-corrected chi connectivity index (χ3v) is 2.46. The van der Waals surface area contributed by atoms with Gasteiger partial charge in [-0.05, 0) is 12.1 Å². The summed E-state index contributed by atoms with van der Waals surface area (Å²) in [6.45, 7) is 3.94. The summed E-state index contributed by atoms with van der Waals surface area (Å²) >= 11 is 0. The number of benzene rings is 1. The van der Waals surface area contributed by atoms with Crippen molar-refractivity contribution in [3.63, 3.8) is 0 Å². The molecule has 0 bridgehead atoms. The van der Waals surface area contributed by atoms with Gasteiger partial charge in [0.05, 0.1) is 14.2 Å². The molecule has 0 aliphatic rings. The minimum Gasteiger partial charge on any atom is -0.497 e. The first-order chi connectivity index (χ1) is 8.63. The van der Waals surface area contributed by atoms with Crippen molar-refractivity contribution >= 4 is 5.97 Å². The highest BCUT2D eigenvalue weighted by atomic mass is 16.5. The van der Waals surface area contributed by atoms with Crippen LogP contribution in [0.5, 0.6) is 11.5 Å². The maximum absolute atomic E-state index is 11.2. The Morgan fingerprint density at radius 1 is 1.50 bits per heavy atom. The largest absolute Gasteiger partial charge is 0.497 e. The second kappa shape index (κ2) is 6.66. The molecule has 0 aromatic heterocycles. The molecule has 0 amide bonds. The van der Waals surface area contributed by atoms with Crippen LogP contribution in [0, 0.1) is 0 Å². The smallest absolute Gasteiger partial charge is 0.325 e. The van der Waals surface area contributed by atoms with E-state index < -0.39 is 12.0 Å². The Kier molecular flexibility index (Phi) is 5.20. The van der Waals surface area contributed by atoms with Crippen LogP contribution < -0.4 is 14.8 Å². The molecule has 1 aromatic carbocycles. The Hall–Kier alpha value is -2.01. The Bertz CT molecular complexity index is 431. The topological polar surface area (TPSA) is 67.8 Å². The number of ether oxygens (including phenoxy) is 2. The van der Waals surface area contributed by atoms with Crippen LogP contribution in [-0.4, -0.2) is 31.8 Å². The molecule has 0 radical (unpaired) electrons. The number of methoxy groups -OCH3 is 2. The lowest BCUT2D eigenvalue weighted by Gasteiger charge is -2.17. The molecule has 0 saturated heterocycles. The molecule has 0 saturated carbocycles. The molecule has 0 aliphatic heterocycles. The van der Waals surface area contributed by atoms with Gasteiger partial charge in [0, 0.05) is 18.2 Å². The maximum atomic E-state index is 11.2. The molecule has 1 aromatic rings. The summed E-state index contributed by atoms with van der Waals surface area (Å²) < 4.78 is 10.3.